The molecule has 2 heterocycles. The molecule has 0 bridgehead atoms. The first-order valence-electron chi connectivity index (χ1n) is 8.96. The van der Waals surface area contributed by atoms with E-state index >= 15 is 0 Å². The van der Waals surface area contributed by atoms with E-state index in [0.717, 1.165) is 5.56 Å². The monoisotopic (exact) mass is 409 g/mol. The number of hydrogen-bond acceptors (Lipinski definition) is 4. The number of carbonyl (C=O) groups is 1. The lowest BCUT2D eigenvalue weighted by atomic mass is 10.0. The Morgan fingerprint density at radius 2 is 1.93 bits per heavy atom. The molecule has 0 aliphatic carbocycles. The molecular formula is C22H17ClFN3O2. The number of halogens is 2. The molecule has 1 amide bonds. The molecule has 5 nitrogen and oxygen atoms in total. The summed E-state index contributed by atoms with van der Waals surface area (Å²) in [4.78, 5) is 19.2. The highest BCUT2D eigenvalue weighted by Crippen LogP contribution is 2.28. The minimum Gasteiger partial charge on any atom is -0.337 e. The van der Waals surface area contributed by atoms with Crippen molar-refractivity contribution in [2.45, 2.75) is 13.5 Å². The van der Waals surface area contributed by atoms with Gasteiger partial charge in [0.05, 0.1) is 22.3 Å². The van der Waals surface area contributed by atoms with Gasteiger partial charge in [0.1, 0.15) is 5.82 Å². The highest BCUT2D eigenvalue weighted by Gasteiger charge is 2.23. The van der Waals surface area contributed by atoms with Crippen LogP contribution in [0.4, 0.5) is 4.39 Å². The van der Waals surface area contributed by atoms with Crippen LogP contribution in [0.2, 0.25) is 5.02 Å². The minimum absolute atomic E-state index is 0.0269. The van der Waals surface area contributed by atoms with Gasteiger partial charge in [-0.2, -0.15) is 0 Å². The summed E-state index contributed by atoms with van der Waals surface area (Å²) >= 11 is 6.12. The second kappa shape index (κ2) is 7.64. The topological polar surface area (TPSA) is 59.2 Å². The molecule has 7 heteroatoms. The van der Waals surface area contributed by atoms with Crippen LogP contribution in [-0.2, 0) is 6.54 Å². The molecule has 2 aromatic heterocycles. The van der Waals surface area contributed by atoms with E-state index in [1.54, 1.807) is 26.1 Å². The number of fused-ring (bicyclic) bond motifs is 1. The average Bonchev–Trinajstić information content (AvgIpc) is 3.11. The van der Waals surface area contributed by atoms with Gasteiger partial charge in [-0.05, 0) is 25.1 Å². The maximum atomic E-state index is 14.2. The van der Waals surface area contributed by atoms with E-state index in [1.807, 2.05) is 30.3 Å². The summed E-state index contributed by atoms with van der Waals surface area (Å²) in [5, 5.41) is 4.77. The van der Waals surface area contributed by atoms with E-state index in [2.05, 4.69) is 10.1 Å². The number of pyridine rings is 1. The molecule has 29 heavy (non-hydrogen) atoms. The Labute approximate surface area is 171 Å². The lowest BCUT2D eigenvalue weighted by Crippen LogP contribution is -2.27. The normalized spacial score (nSPS) is 11.0. The van der Waals surface area contributed by atoms with Gasteiger partial charge in [0.25, 0.3) is 11.6 Å². The molecule has 2 aromatic carbocycles. The zero-order chi connectivity index (χ0) is 20.5. The Kier molecular flexibility index (Phi) is 5.03. The van der Waals surface area contributed by atoms with Crippen molar-refractivity contribution in [3.63, 3.8) is 0 Å². The van der Waals surface area contributed by atoms with E-state index in [1.165, 1.54) is 17.0 Å². The summed E-state index contributed by atoms with van der Waals surface area (Å²) in [7, 11) is 1.60. The van der Waals surface area contributed by atoms with Gasteiger partial charge < -0.3 is 9.42 Å². The van der Waals surface area contributed by atoms with Crippen molar-refractivity contribution in [3.05, 3.63) is 82.3 Å². The molecule has 0 atom stereocenters. The molecule has 0 radical (unpaired) electrons. The Morgan fingerprint density at radius 3 is 2.66 bits per heavy atom. The van der Waals surface area contributed by atoms with Crippen molar-refractivity contribution in [2.24, 2.45) is 0 Å². The fourth-order valence-corrected chi connectivity index (χ4v) is 3.44. The SMILES string of the molecule is Cc1noc2nc(-c3ccccc3)cc(C(=O)N(C)Cc3c(F)cccc3Cl)c12. The zero-order valence-electron chi connectivity index (χ0n) is 15.8. The lowest BCUT2D eigenvalue weighted by Gasteiger charge is -2.19. The van der Waals surface area contributed by atoms with Crippen molar-refractivity contribution >= 4 is 28.6 Å². The highest BCUT2D eigenvalue weighted by atomic mass is 35.5. The molecule has 0 saturated heterocycles. The number of aromatic nitrogens is 2. The molecule has 0 aliphatic rings. The summed E-state index contributed by atoms with van der Waals surface area (Å²) in [5.74, 6) is -0.761. The van der Waals surface area contributed by atoms with E-state index in [-0.39, 0.29) is 28.8 Å². The van der Waals surface area contributed by atoms with Crippen molar-refractivity contribution in [1.82, 2.24) is 15.0 Å². The third-order valence-electron chi connectivity index (χ3n) is 4.72. The quantitative estimate of drug-likeness (QED) is 0.461. The van der Waals surface area contributed by atoms with E-state index in [4.69, 9.17) is 16.1 Å². The van der Waals surface area contributed by atoms with Gasteiger partial charge in [-0.15, -0.1) is 0 Å². The first-order valence-corrected chi connectivity index (χ1v) is 9.34. The van der Waals surface area contributed by atoms with Gasteiger partial charge in [0.2, 0.25) is 0 Å². The molecule has 0 N–H and O–H groups in total. The number of amides is 1. The van der Waals surface area contributed by atoms with Gasteiger partial charge in [-0.25, -0.2) is 9.37 Å². The summed E-state index contributed by atoms with van der Waals surface area (Å²) in [6.45, 7) is 1.78. The maximum Gasteiger partial charge on any atom is 0.259 e. The van der Waals surface area contributed by atoms with Crippen LogP contribution in [0.15, 0.2) is 59.1 Å². The van der Waals surface area contributed by atoms with Crippen LogP contribution in [0, 0.1) is 12.7 Å². The Balaban J connectivity index is 1.77. The van der Waals surface area contributed by atoms with Crippen LogP contribution in [0.5, 0.6) is 0 Å². The standard InChI is InChI=1S/C22H17ClFN3O2/c1-13-20-15(22(28)27(2)12-16-17(23)9-6-10-18(16)24)11-19(25-21(20)29-26-13)14-7-4-3-5-8-14/h3-11H,12H2,1-2H3. The predicted molar refractivity (Wildman–Crippen MR) is 109 cm³/mol. The van der Waals surface area contributed by atoms with Crippen LogP contribution in [0.3, 0.4) is 0 Å². The summed E-state index contributed by atoms with van der Waals surface area (Å²) < 4.78 is 19.5. The largest absolute Gasteiger partial charge is 0.337 e. The number of hydrogen-bond donors (Lipinski definition) is 0. The van der Waals surface area contributed by atoms with Crippen LogP contribution >= 0.6 is 11.6 Å². The van der Waals surface area contributed by atoms with Crippen LogP contribution in [0.1, 0.15) is 21.6 Å². The van der Waals surface area contributed by atoms with Crippen molar-refractivity contribution in [1.29, 1.82) is 0 Å². The van der Waals surface area contributed by atoms with Crippen LogP contribution in [0.25, 0.3) is 22.4 Å². The van der Waals surface area contributed by atoms with E-state index in [9.17, 15) is 9.18 Å². The lowest BCUT2D eigenvalue weighted by molar-refractivity contribution is 0.0785. The number of nitrogens with zero attached hydrogens (tertiary/aromatic N) is 3. The molecule has 146 valence electrons. The summed E-state index contributed by atoms with van der Waals surface area (Å²) in [6, 6.07) is 15.6. The number of rotatable bonds is 4. The first-order chi connectivity index (χ1) is 14.0. The Hall–Kier alpha value is -3.25. The second-order valence-electron chi connectivity index (χ2n) is 6.73. The molecule has 0 saturated carbocycles. The highest BCUT2D eigenvalue weighted by molar-refractivity contribution is 6.31. The average molecular weight is 410 g/mol. The Bertz CT molecular complexity index is 1190. The molecule has 0 spiro atoms. The van der Waals surface area contributed by atoms with Crippen molar-refractivity contribution in [2.75, 3.05) is 7.05 Å². The van der Waals surface area contributed by atoms with Crippen molar-refractivity contribution < 1.29 is 13.7 Å². The number of carbonyl (C=O) groups excluding carboxylic acids is 1. The molecular weight excluding hydrogens is 393 g/mol. The third kappa shape index (κ3) is 3.59. The molecule has 0 unspecified atom stereocenters. The van der Waals surface area contributed by atoms with Crippen LogP contribution in [-0.4, -0.2) is 28.0 Å². The van der Waals surface area contributed by atoms with Crippen LogP contribution < -0.4 is 0 Å². The van der Waals surface area contributed by atoms with E-state index < -0.39 is 5.82 Å². The molecule has 4 aromatic rings. The number of benzene rings is 2. The number of aryl methyl sites for hydroxylation is 1. The maximum absolute atomic E-state index is 14.2. The van der Waals surface area contributed by atoms with Gasteiger partial charge >= 0.3 is 0 Å². The molecule has 0 aliphatic heterocycles. The minimum atomic E-state index is -0.455. The first kappa shape index (κ1) is 19.1. The second-order valence-corrected chi connectivity index (χ2v) is 7.14. The smallest absolute Gasteiger partial charge is 0.259 e. The predicted octanol–water partition coefficient (Wildman–Crippen LogP) is 5.26. The van der Waals surface area contributed by atoms with E-state index in [0.29, 0.717) is 22.3 Å². The van der Waals surface area contributed by atoms with Crippen molar-refractivity contribution in [3.8, 4) is 11.3 Å². The summed E-state index contributed by atoms with van der Waals surface area (Å²) in [6.07, 6.45) is 0. The summed E-state index contributed by atoms with van der Waals surface area (Å²) in [5.41, 5.74) is 2.94. The van der Waals surface area contributed by atoms with Gasteiger partial charge in [-0.3, -0.25) is 4.79 Å². The molecule has 4 rings (SSSR count). The fourth-order valence-electron chi connectivity index (χ4n) is 3.22. The van der Waals surface area contributed by atoms with Gasteiger partial charge in [0.15, 0.2) is 0 Å². The Morgan fingerprint density at radius 1 is 1.17 bits per heavy atom. The third-order valence-corrected chi connectivity index (χ3v) is 5.07. The fraction of sp³-hybridized carbons (Fsp3) is 0.136. The van der Waals surface area contributed by atoms with Gasteiger partial charge in [0, 0.05) is 29.7 Å². The zero-order valence-corrected chi connectivity index (χ0v) is 16.6. The van der Waals surface area contributed by atoms with Gasteiger partial charge in [-0.1, -0.05) is 53.2 Å². The molecule has 0 fully saturated rings.